The van der Waals surface area contributed by atoms with Gasteiger partial charge in [-0.15, -0.1) is 0 Å². The smallest absolute Gasteiger partial charge is 0.258 e. The maximum absolute atomic E-state index is 13.1. The van der Waals surface area contributed by atoms with Crippen molar-refractivity contribution in [1.29, 1.82) is 0 Å². The van der Waals surface area contributed by atoms with Crippen LogP contribution in [0.5, 0.6) is 5.75 Å². The van der Waals surface area contributed by atoms with E-state index in [1.807, 2.05) is 0 Å². The average molecular weight is 455 g/mol. The molecule has 4 rings (SSSR count). The molecule has 2 aliphatic rings. The second-order valence-electron chi connectivity index (χ2n) is 8.81. The van der Waals surface area contributed by atoms with Gasteiger partial charge in [-0.05, 0) is 61.4 Å². The van der Waals surface area contributed by atoms with Crippen molar-refractivity contribution in [3.8, 4) is 5.75 Å². The van der Waals surface area contributed by atoms with Gasteiger partial charge in [0.1, 0.15) is 11.6 Å². The molecule has 33 heavy (non-hydrogen) atoms. The topological polar surface area (TPSA) is 67.9 Å². The largest absolute Gasteiger partial charge is 0.484 e. The van der Waals surface area contributed by atoms with Crippen molar-refractivity contribution in [2.45, 2.75) is 37.6 Å². The molecule has 0 unspecified atom stereocenters. The third kappa shape index (κ3) is 5.97. The summed E-state index contributed by atoms with van der Waals surface area (Å²) in [7, 11) is 0. The summed E-state index contributed by atoms with van der Waals surface area (Å²) in [6, 6.07) is 12.1. The van der Waals surface area contributed by atoms with Gasteiger partial charge in [-0.25, -0.2) is 4.39 Å². The van der Waals surface area contributed by atoms with Crippen molar-refractivity contribution >= 4 is 11.7 Å². The molecule has 2 aromatic carbocycles. The molecule has 0 aromatic heterocycles. The van der Waals surface area contributed by atoms with Gasteiger partial charge < -0.3 is 14.8 Å². The molecule has 1 heterocycles. The number of ether oxygens (including phenoxy) is 2. The monoisotopic (exact) mass is 454 g/mol. The Hall–Kier alpha value is -2.77. The van der Waals surface area contributed by atoms with Crippen LogP contribution in [-0.2, 0) is 9.53 Å². The Morgan fingerprint density at radius 1 is 0.939 bits per heavy atom. The molecule has 1 aliphatic heterocycles. The number of morpholine rings is 1. The lowest BCUT2D eigenvalue weighted by molar-refractivity contribution is -0.124. The number of carbonyl (C=O) groups is 2. The molecule has 0 spiro atoms. The lowest BCUT2D eigenvalue weighted by Gasteiger charge is -2.48. The van der Waals surface area contributed by atoms with Crippen molar-refractivity contribution in [3.63, 3.8) is 0 Å². The van der Waals surface area contributed by atoms with E-state index >= 15 is 0 Å². The van der Waals surface area contributed by atoms with Gasteiger partial charge in [0, 0.05) is 36.3 Å². The van der Waals surface area contributed by atoms with E-state index in [0.29, 0.717) is 23.4 Å². The molecule has 6 nitrogen and oxygen atoms in total. The van der Waals surface area contributed by atoms with E-state index in [-0.39, 0.29) is 29.7 Å². The highest BCUT2D eigenvalue weighted by atomic mass is 19.1. The minimum Gasteiger partial charge on any atom is -0.484 e. The van der Waals surface area contributed by atoms with Crippen molar-refractivity contribution in [2.24, 2.45) is 0 Å². The predicted molar refractivity (Wildman–Crippen MR) is 123 cm³/mol. The first-order valence-corrected chi connectivity index (χ1v) is 11.7. The molecule has 1 saturated heterocycles. The third-order valence-corrected chi connectivity index (χ3v) is 6.67. The summed E-state index contributed by atoms with van der Waals surface area (Å²) in [5.41, 5.74) is 0.907. The minimum atomic E-state index is -0.382. The van der Waals surface area contributed by atoms with Crippen LogP contribution >= 0.6 is 0 Å². The number of carbonyl (C=O) groups excluding carboxylic acids is 2. The third-order valence-electron chi connectivity index (χ3n) is 6.67. The molecular weight excluding hydrogens is 423 g/mol. The number of ketones is 1. The summed E-state index contributed by atoms with van der Waals surface area (Å²) in [5, 5.41) is 3.09. The first-order chi connectivity index (χ1) is 16.1. The lowest BCUT2D eigenvalue weighted by atomic mass is 9.79. The van der Waals surface area contributed by atoms with Gasteiger partial charge in [0.2, 0.25) is 0 Å². The van der Waals surface area contributed by atoms with Crippen LogP contribution in [0.1, 0.15) is 48.0 Å². The molecule has 1 aliphatic carbocycles. The Morgan fingerprint density at radius 2 is 1.55 bits per heavy atom. The summed E-state index contributed by atoms with van der Waals surface area (Å²) in [5.74, 6) is -0.214. The molecule has 2 aromatic rings. The molecular formula is C26H31FN2O4. The Balaban J connectivity index is 1.28. The van der Waals surface area contributed by atoms with E-state index < -0.39 is 0 Å². The molecule has 1 saturated carbocycles. The van der Waals surface area contributed by atoms with Crippen LogP contribution in [0.3, 0.4) is 0 Å². The van der Waals surface area contributed by atoms with Crippen LogP contribution in [0, 0.1) is 5.82 Å². The molecule has 0 radical (unpaired) electrons. The van der Waals surface area contributed by atoms with Gasteiger partial charge in [-0.2, -0.15) is 0 Å². The lowest BCUT2D eigenvalue weighted by Crippen LogP contribution is -2.60. The molecule has 0 atom stereocenters. The fourth-order valence-corrected chi connectivity index (χ4v) is 4.79. The Bertz CT molecular complexity index is 934. The second-order valence-corrected chi connectivity index (χ2v) is 8.81. The van der Waals surface area contributed by atoms with Gasteiger partial charge in [0.25, 0.3) is 5.91 Å². The highest BCUT2D eigenvalue weighted by Crippen LogP contribution is 2.33. The molecule has 176 valence electrons. The number of nitrogens with one attached hydrogen (secondary N) is 1. The molecule has 1 amide bonds. The summed E-state index contributed by atoms with van der Waals surface area (Å²) in [6.45, 7) is 3.87. The fraction of sp³-hybridized carbons (Fsp3) is 0.462. The van der Waals surface area contributed by atoms with Crippen LogP contribution in [0.25, 0.3) is 0 Å². The predicted octanol–water partition coefficient (Wildman–Crippen LogP) is 3.59. The van der Waals surface area contributed by atoms with Gasteiger partial charge in [-0.1, -0.05) is 19.3 Å². The molecule has 2 fully saturated rings. The maximum atomic E-state index is 13.1. The molecule has 0 bridgehead atoms. The van der Waals surface area contributed by atoms with Crippen molar-refractivity contribution in [1.82, 2.24) is 10.2 Å². The number of halogens is 1. The van der Waals surface area contributed by atoms with Gasteiger partial charge in [-0.3, -0.25) is 14.5 Å². The summed E-state index contributed by atoms with van der Waals surface area (Å²) < 4.78 is 24.2. The highest BCUT2D eigenvalue weighted by molar-refractivity contribution is 6.09. The van der Waals surface area contributed by atoms with Crippen LogP contribution in [0.2, 0.25) is 0 Å². The summed E-state index contributed by atoms with van der Waals surface area (Å²) in [6.07, 6.45) is 5.82. The van der Waals surface area contributed by atoms with E-state index in [4.69, 9.17) is 9.47 Å². The quantitative estimate of drug-likeness (QED) is 0.618. The number of benzene rings is 2. The van der Waals surface area contributed by atoms with E-state index in [1.54, 1.807) is 24.3 Å². The molecule has 1 N–H and O–H groups in total. The highest BCUT2D eigenvalue weighted by Gasteiger charge is 2.38. The zero-order valence-corrected chi connectivity index (χ0v) is 18.9. The number of nitrogens with zero attached hydrogens (tertiary/aromatic N) is 1. The number of rotatable bonds is 8. The fourth-order valence-electron chi connectivity index (χ4n) is 4.79. The number of hydrogen-bond donors (Lipinski definition) is 1. The average Bonchev–Trinajstić information content (AvgIpc) is 2.88. The maximum Gasteiger partial charge on any atom is 0.258 e. The van der Waals surface area contributed by atoms with Crippen molar-refractivity contribution in [2.75, 3.05) is 39.5 Å². The first kappa shape index (κ1) is 23.4. The van der Waals surface area contributed by atoms with E-state index in [1.165, 1.54) is 43.5 Å². The van der Waals surface area contributed by atoms with Crippen LogP contribution in [0.4, 0.5) is 4.39 Å². The second kappa shape index (κ2) is 10.9. The molecule has 7 heteroatoms. The van der Waals surface area contributed by atoms with E-state index in [0.717, 1.165) is 39.1 Å². The number of hydrogen-bond acceptors (Lipinski definition) is 5. The Labute approximate surface area is 194 Å². The van der Waals surface area contributed by atoms with Crippen LogP contribution in [-0.4, -0.2) is 61.6 Å². The van der Waals surface area contributed by atoms with Crippen LogP contribution in [0.15, 0.2) is 48.5 Å². The summed E-state index contributed by atoms with van der Waals surface area (Å²) in [4.78, 5) is 27.5. The van der Waals surface area contributed by atoms with Gasteiger partial charge >= 0.3 is 0 Å². The van der Waals surface area contributed by atoms with Gasteiger partial charge in [0.05, 0.1) is 13.2 Å². The Morgan fingerprint density at radius 3 is 2.18 bits per heavy atom. The zero-order valence-electron chi connectivity index (χ0n) is 18.9. The summed E-state index contributed by atoms with van der Waals surface area (Å²) >= 11 is 0. The first-order valence-electron chi connectivity index (χ1n) is 11.7. The Kier molecular flexibility index (Phi) is 7.73. The van der Waals surface area contributed by atoms with Crippen molar-refractivity contribution in [3.05, 3.63) is 65.5 Å². The van der Waals surface area contributed by atoms with Crippen LogP contribution < -0.4 is 10.1 Å². The normalized spacial score (nSPS) is 18.5. The SMILES string of the molecule is O=C(COc1ccc(C(=O)c2ccc(F)cc2)cc1)NCC1(N2CCOCC2)CCCCC1. The standard InChI is InChI=1S/C26H31FN2O4/c27-22-8-4-20(5-9-22)25(31)21-6-10-23(11-7-21)33-18-24(30)28-19-26(12-2-1-3-13-26)29-14-16-32-17-15-29/h4-11H,1-3,12-19H2,(H,28,30). The van der Waals surface area contributed by atoms with E-state index in [2.05, 4.69) is 10.2 Å². The minimum absolute atomic E-state index is 0.0139. The van der Waals surface area contributed by atoms with Crippen molar-refractivity contribution < 1.29 is 23.5 Å². The number of amides is 1. The zero-order chi connectivity index (χ0) is 23.1. The van der Waals surface area contributed by atoms with E-state index in [9.17, 15) is 14.0 Å². The van der Waals surface area contributed by atoms with Gasteiger partial charge in [0.15, 0.2) is 12.4 Å².